The molecule has 0 bridgehead atoms. The molecule has 0 aliphatic carbocycles. The quantitative estimate of drug-likeness (QED) is 0.862. The summed E-state index contributed by atoms with van der Waals surface area (Å²) >= 11 is 0. The summed E-state index contributed by atoms with van der Waals surface area (Å²) in [6.07, 6.45) is 0. The Balaban J connectivity index is 0.00000256. The number of likely N-dealkylation sites (N-methyl/N-ethyl adjacent to an activating group) is 1. The maximum atomic E-state index is 11.5. The van der Waals surface area contributed by atoms with Gasteiger partial charge in [-0.3, -0.25) is 4.79 Å². The highest BCUT2D eigenvalue weighted by atomic mass is 35.5. The Kier molecular flexibility index (Phi) is 6.61. The predicted molar refractivity (Wildman–Crippen MR) is 75.3 cm³/mol. The second-order valence-corrected chi connectivity index (χ2v) is 3.92. The molecule has 0 spiro atoms. The molecule has 0 aromatic heterocycles. The number of halogens is 1. The Bertz CT molecular complexity index is 380. The molecule has 1 aromatic carbocycles. The molecule has 17 heavy (non-hydrogen) atoms. The third-order valence-electron chi connectivity index (χ3n) is 2.40. The SMILES string of the molecule is CNCC(=O)Nc1cccc(N(C)C)c1C.Cl. The van der Waals surface area contributed by atoms with Gasteiger partial charge in [0.15, 0.2) is 0 Å². The summed E-state index contributed by atoms with van der Waals surface area (Å²) in [6.45, 7) is 2.33. The third kappa shape index (κ3) is 4.24. The van der Waals surface area contributed by atoms with Crippen LogP contribution in [0.3, 0.4) is 0 Å². The van der Waals surface area contributed by atoms with Gasteiger partial charge >= 0.3 is 0 Å². The van der Waals surface area contributed by atoms with Gasteiger partial charge in [0.2, 0.25) is 5.91 Å². The molecule has 96 valence electrons. The first kappa shape index (κ1) is 15.7. The molecule has 0 atom stereocenters. The molecule has 0 aliphatic heterocycles. The number of rotatable bonds is 4. The van der Waals surface area contributed by atoms with E-state index in [-0.39, 0.29) is 18.3 Å². The van der Waals surface area contributed by atoms with E-state index < -0.39 is 0 Å². The number of carbonyl (C=O) groups excluding carboxylic acids is 1. The van der Waals surface area contributed by atoms with E-state index in [2.05, 4.69) is 10.6 Å². The second-order valence-electron chi connectivity index (χ2n) is 3.92. The second kappa shape index (κ2) is 7.14. The molecule has 2 N–H and O–H groups in total. The minimum atomic E-state index is -0.0264. The minimum absolute atomic E-state index is 0. The van der Waals surface area contributed by atoms with Crippen molar-refractivity contribution in [3.8, 4) is 0 Å². The van der Waals surface area contributed by atoms with Crippen LogP contribution in [0.2, 0.25) is 0 Å². The van der Waals surface area contributed by atoms with E-state index in [9.17, 15) is 4.79 Å². The summed E-state index contributed by atoms with van der Waals surface area (Å²) in [6, 6.07) is 5.89. The van der Waals surface area contributed by atoms with Gasteiger partial charge in [-0.2, -0.15) is 0 Å². The number of nitrogens with one attached hydrogen (secondary N) is 2. The molecule has 0 saturated carbocycles. The topological polar surface area (TPSA) is 44.4 Å². The average Bonchev–Trinajstić information content (AvgIpc) is 2.21. The van der Waals surface area contributed by atoms with E-state index in [1.165, 1.54) is 0 Å². The smallest absolute Gasteiger partial charge is 0.238 e. The molecule has 1 rings (SSSR count). The molecular weight excluding hydrogens is 238 g/mol. The number of carbonyl (C=O) groups is 1. The van der Waals surface area contributed by atoms with Crippen LogP contribution in [0.4, 0.5) is 11.4 Å². The lowest BCUT2D eigenvalue weighted by Crippen LogP contribution is -2.25. The van der Waals surface area contributed by atoms with Crippen molar-refractivity contribution in [2.75, 3.05) is 37.9 Å². The van der Waals surface area contributed by atoms with Crippen molar-refractivity contribution in [3.05, 3.63) is 23.8 Å². The molecule has 4 nitrogen and oxygen atoms in total. The fourth-order valence-corrected chi connectivity index (χ4v) is 1.60. The van der Waals surface area contributed by atoms with E-state index in [0.29, 0.717) is 6.54 Å². The van der Waals surface area contributed by atoms with Crippen LogP contribution in [0.5, 0.6) is 0 Å². The van der Waals surface area contributed by atoms with Gasteiger partial charge in [-0.05, 0) is 31.7 Å². The molecule has 0 heterocycles. The Labute approximate surface area is 109 Å². The zero-order valence-corrected chi connectivity index (χ0v) is 11.5. The lowest BCUT2D eigenvalue weighted by molar-refractivity contribution is -0.115. The summed E-state index contributed by atoms with van der Waals surface area (Å²) < 4.78 is 0. The molecule has 1 aromatic rings. The number of nitrogens with zero attached hydrogens (tertiary/aromatic N) is 1. The molecule has 5 heteroatoms. The van der Waals surface area contributed by atoms with Crippen molar-refractivity contribution in [1.29, 1.82) is 0 Å². The summed E-state index contributed by atoms with van der Waals surface area (Å²) in [7, 11) is 5.73. The van der Waals surface area contributed by atoms with Crippen molar-refractivity contribution in [2.24, 2.45) is 0 Å². The highest BCUT2D eigenvalue weighted by Gasteiger charge is 2.07. The average molecular weight is 258 g/mol. The van der Waals surface area contributed by atoms with Crippen molar-refractivity contribution in [1.82, 2.24) is 5.32 Å². The van der Waals surface area contributed by atoms with Gasteiger partial charge in [0.1, 0.15) is 0 Å². The molecule has 0 radical (unpaired) electrons. The molecule has 1 amide bonds. The van der Waals surface area contributed by atoms with Gasteiger partial charge in [0.05, 0.1) is 6.54 Å². The van der Waals surface area contributed by atoms with Crippen molar-refractivity contribution < 1.29 is 4.79 Å². The molecule has 0 aliphatic rings. The van der Waals surface area contributed by atoms with Gasteiger partial charge in [0, 0.05) is 25.5 Å². The number of benzene rings is 1. The van der Waals surface area contributed by atoms with Crippen LogP contribution in [0.25, 0.3) is 0 Å². The first-order valence-electron chi connectivity index (χ1n) is 5.27. The lowest BCUT2D eigenvalue weighted by Gasteiger charge is -2.18. The molecule has 0 unspecified atom stereocenters. The van der Waals surface area contributed by atoms with Gasteiger partial charge in [-0.15, -0.1) is 12.4 Å². The monoisotopic (exact) mass is 257 g/mol. The Hall–Kier alpha value is -1.26. The van der Waals surface area contributed by atoms with Crippen molar-refractivity contribution in [2.45, 2.75) is 6.92 Å². The number of amides is 1. The van der Waals surface area contributed by atoms with E-state index in [0.717, 1.165) is 16.9 Å². The summed E-state index contributed by atoms with van der Waals surface area (Å²) in [5, 5.41) is 5.70. The van der Waals surface area contributed by atoms with E-state index in [1.807, 2.05) is 44.1 Å². The van der Waals surface area contributed by atoms with E-state index in [4.69, 9.17) is 0 Å². The zero-order chi connectivity index (χ0) is 12.1. The summed E-state index contributed by atoms with van der Waals surface area (Å²) in [4.78, 5) is 13.5. The first-order valence-corrected chi connectivity index (χ1v) is 5.27. The van der Waals surface area contributed by atoms with Crippen LogP contribution < -0.4 is 15.5 Å². The van der Waals surface area contributed by atoms with Crippen molar-refractivity contribution >= 4 is 29.7 Å². The molecule has 0 saturated heterocycles. The Morgan fingerprint density at radius 2 is 2.00 bits per heavy atom. The minimum Gasteiger partial charge on any atom is -0.377 e. The molecule has 0 fully saturated rings. The number of anilines is 2. The number of hydrogen-bond donors (Lipinski definition) is 2. The highest BCUT2D eigenvalue weighted by molar-refractivity contribution is 5.93. The van der Waals surface area contributed by atoms with Crippen LogP contribution in [-0.2, 0) is 4.79 Å². The maximum Gasteiger partial charge on any atom is 0.238 e. The van der Waals surface area contributed by atoms with Gasteiger partial charge in [-0.1, -0.05) is 6.07 Å². The molecular formula is C12H20ClN3O. The zero-order valence-electron chi connectivity index (χ0n) is 10.7. The largest absolute Gasteiger partial charge is 0.377 e. The van der Waals surface area contributed by atoms with Crippen LogP contribution in [0, 0.1) is 6.92 Å². The van der Waals surface area contributed by atoms with Gasteiger partial charge in [0.25, 0.3) is 0 Å². The van der Waals surface area contributed by atoms with Gasteiger partial charge in [-0.25, -0.2) is 0 Å². The van der Waals surface area contributed by atoms with Crippen LogP contribution >= 0.6 is 12.4 Å². The Morgan fingerprint density at radius 3 is 2.53 bits per heavy atom. The summed E-state index contributed by atoms with van der Waals surface area (Å²) in [5.74, 6) is -0.0264. The van der Waals surface area contributed by atoms with Crippen LogP contribution in [0.15, 0.2) is 18.2 Å². The van der Waals surface area contributed by atoms with Gasteiger partial charge < -0.3 is 15.5 Å². The fraction of sp³-hybridized carbons (Fsp3) is 0.417. The maximum absolute atomic E-state index is 11.5. The Morgan fingerprint density at radius 1 is 1.35 bits per heavy atom. The van der Waals surface area contributed by atoms with E-state index >= 15 is 0 Å². The predicted octanol–water partition coefficient (Wildman–Crippen LogP) is 1.64. The summed E-state index contributed by atoms with van der Waals surface area (Å²) in [5.41, 5.74) is 3.06. The third-order valence-corrected chi connectivity index (χ3v) is 2.40. The standard InChI is InChI=1S/C12H19N3O.ClH/c1-9-10(14-12(16)8-13-2)6-5-7-11(9)15(3)4;/h5-7,13H,8H2,1-4H3,(H,14,16);1H. The first-order chi connectivity index (χ1) is 7.56. The van der Waals surface area contributed by atoms with E-state index in [1.54, 1.807) is 7.05 Å². The normalized spacial score (nSPS) is 9.41. The van der Waals surface area contributed by atoms with Crippen molar-refractivity contribution in [3.63, 3.8) is 0 Å². The van der Waals surface area contributed by atoms with Crippen LogP contribution in [0.1, 0.15) is 5.56 Å². The fourth-order valence-electron chi connectivity index (χ4n) is 1.60. The highest BCUT2D eigenvalue weighted by Crippen LogP contribution is 2.24. The van der Waals surface area contributed by atoms with Crippen LogP contribution in [-0.4, -0.2) is 33.6 Å². The lowest BCUT2D eigenvalue weighted by atomic mass is 10.1. The number of hydrogen-bond acceptors (Lipinski definition) is 3.